The fourth-order valence-corrected chi connectivity index (χ4v) is 1.26. The molecule has 1 fully saturated rings. The van der Waals surface area contributed by atoms with Gasteiger partial charge < -0.3 is 0 Å². The van der Waals surface area contributed by atoms with Crippen LogP contribution in [-0.4, -0.2) is 30.0 Å². The molecule has 11 heavy (non-hydrogen) atoms. The highest BCUT2D eigenvalue weighted by Crippen LogP contribution is 2.27. The predicted molar refractivity (Wildman–Crippen MR) is 40.8 cm³/mol. The van der Waals surface area contributed by atoms with Gasteiger partial charge in [0.2, 0.25) is 0 Å². The minimum absolute atomic E-state index is 0.00875. The molecule has 0 saturated carbocycles. The zero-order chi connectivity index (χ0) is 8.48. The van der Waals surface area contributed by atoms with Gasteiger partial charge in [0.05, 0.1) is 6.54 Å². The Bertz CT molecular complexity index is 156. The maximum Gasteiger partial charge on any atom is 0.261 e. The van der Waals surface area contributed by atoms with E-state index in [0.29, 0.717) is 6.54 Å². The van der Waals surface area contributed by atoms with E-state index in [-0.39, 0.29) is 19.0 Å². The van der Waals surface area contributed by atoms with Crippen LogP contribution >= 0.6 is 0 Å². The number of hydrogen-bond donors (Lipinski definition) is 0. The minimum Gasteiger partial charge on any atom is -0.291 e. The van der Waals surface area contributed by atoms with Crippen LogP contribution in [0.5, 0.6) is 0 Å². The summed E-state index contributed by atoms with van der Waals surface area (Å²) in [6.07, 6.45) is 1.69. The van der Waals surface area contributed by atoms with Crippen LogP contribution < -0.4 is 0 Å². The fourth-order valence-electron chi connectivity index (χ4n) is 1.26. The van der Waals surface area contributed by atoms with Gasteiger partial charge >= 0.3 is 0 Å². The Morgan fingerprint density at radius 3 is 2.64 bits per heavy atom. The molecule has 1 aliphatic rings. The van der Waals surface area contributed by atoms with Crippen molar-refractivity contribution in [1.29, 1.82) is 0 Å². The minimum atomic E-state index is -2.47. The van der Waals surface area contributed by atoms with Gasteiger partial charge in [0, 0.05) is 19.0 Å². The number of hydrogen-bond acceptors (Lipinski definition) is 1. The van der Waals surface area contributed by atoms with Crippen molar-refractivity contribution in [2.24, 2.45) is 0 Å². The van der Waals surface area contributed by atoms with E-state index in [1.165, 1.54) is 0 Å². The van der Waals surface area contributed by atoms with Crippen molar-refractivity contribution >= 4 is 0 Å². The van der Waals surface area contributed by atoms with Crippen LogP contribution in [0.1, 0.15) is 13.3 Å². The van der Waals surface area contributed by atoms with Crippen molar-refractivity contribution in [3.63, 3.8) is 0 Å². The highest BCUT2D eigenvalue weighted by molar-refractivity contribution is 4.91. The average molecular weight is 161 g/mol. The lowest BCUT2D eigenvalue weighted by Crippen LogP contribution is -2.31. The summed E-state index contributed by atoms with van der Waals surface area (Å²) in [5.41, 5.74) is 0. The van der Waals surface area contributed by atoms with E-state index in [9.17, 15) is 8.78 Å². The Hall–Kier alpha value is -0.440. The Morgan fingerprint density at radius 1 is 1.64 bits per heavy atom. The van der Waals surface area contributed by atoms with Gasteiger partial charge in [-0.1, -0.05) is 6.08 Å². The van der Waals surface area contributed by atoms with Gasteiger partial charge in [0.15, 0.2) is 0 Å². The van der Waals surface area contributed by atoms with E-state index in [2.05, 4.69) is 6.58 Å². The van der Waals surface area contributed by atoms with E-state index in [1.807, 2.05) is 6.92 Å². The summed E-state index contributed by atoms with van der Waals surface area (Å²) in [7, 11) is 0. The maximum atomic E-state index is 12.6. The van der Waals surface area contributed by atoms with Crippen molar-refractivity contribution < 1.29 is 8.78 Å². The van der Waals surface area contributed by atoms with Gasteiger partial charge in [-0.15, -0.1) is 6.58 Å². The van der Waals surface area contributed by atoms with Crippen LogP contribution in [0, 0.1) is 0 Å². The molecule has 64 valence electrons. The SMILES string of the molecule is C=CC(C)N1CCC(F)(F)C1. The molecule has 0 bridgehead atoms. The van der Waals surface area contributed by atoms with Crippen molar-refractivity contribution in [3.8, 4) is 0 Å². The third-order valence-electron chi connectivity index (χ3n) is 2.12. The molecule has 0 aromatic heterocycles. The normalized spacial score (nSPS) is 26.8. The third kappa shape index (κ3) is 1.99. The molecule has 0 radical (unpaired) electrons. The molecule has 0 N–H and O–H groups in total. The first kappa shape index (κ1) is 8.65. The number of rotatable bonds is 2. The Kier molecular flexibility index (Phi) is 2.28. The molecule has 0 amide bonds. The lowest BCUT2D eigenvalue weighted by atomic mass is 10.3. The summed E-state index contributed by atoms with van der Waals surface area (Å²) in [5.74, 6) is -2.47. The first-order valence-electron chi connectivity index (χ1n) is 3.79. The standard InChI is InChI=1S/C8H13F2N/c1-3-7(2)11-5-4-8(9,10)6-11/h3,7H,1,4-6H2,2H3. The van der Waals surface area contributed by atoms with Crippen LogP contribution in [0.4, 0.5) is 8.78 Å². The number of likely N-dealkylation sites (tertiary alicyclic amines) is 1. The molecular formula is C8H13F2N. The number of nitrogens with zero attached hydrogens (tertiary/aromatic N) is 1. The fraction of sp³-hybridized carbons (Fsp3) is 0.750. The molecule has 1 heterocycles. The molecule has 1 rings (SSSR count). The van der Waals surface area contributed by atoms with Gasteiger partial charge in [-0.25, -0.2) is 8.78 Å². The van der Waals surface area contributed by atoms with Gasteiger partial charge in [-0.05, 0) is 6.92 Å². The summed E-state index contributed by atoms with van der Waals surface area (Å²) in [4.78, 5) is 1.74. The van der Waals surface area contributed by atoms with Crippen LogP contribution in [0.15, 0.2) is 12.7 Å². The first-order valence-corrected chi connectivity index (χ1v) is 3.79. The Labute approximate surface area is 65.7 Å². The van der Waals surface area contributed by atoms with Crippen LogP contribution in [0.2, 0.25) is 0 Å². The van der Waals surface area contributed by atoms with E-state index in [4.69, 9.17) is 0 Å². The van der Waals surface area contributed by atoms with Crippen molar-refractivity contribution in [2.75, 3.05) is 13.1 Å². The van der Waals surface area contributed by atoms with E-state index < -0.39 is 5.92 Å². The van der Waals surface area contributed by atoms with Crippen LogP contribution in [-0.2, 0) is 0 Å². The largest absolute Gasteiger partial charge is 0.291 e. The molecule has 1 aliphatic heterocycles. The first-order chi connectivity index (χ1) is 5.05. The molecule has 0 aromatic carbocycles. The van der Waals surface area contributed by atoms with Gasteiger partial charge in [0.25, 0.3) is 5.92 Å². The maximum absolute atomic E-state index is 12.6. The molecule has 1 unspecified atom stereocenters. The molecule has 0 spiro atoms. The molecule has 0 aromatic rings. The quantitative estimate of drug-likeness (QED) is 0.559. The molecular weight excluding hydrogens is 148 g/mol. The molecule has 0 aliphatic carbocycles. The van der Waals surface area contributed by atoms with E-state index in [0.717, 1.165) is 0 Å². The Balaban J connectivity index is 2.47. The third-order valence-corrected chi connectivity index (χ3v) is 2.12. The lowest BCUT2D eigenvalue weighted by Gasteiger charge is -2.20. The second-order valence-electron chi connectivity index (χ2n) is 3.05. The second-order valence-corrected chi connectivity index (χ2v) is 3.05. The van der Waals surface area contributed by atoms with Gasteiger partial charge in [0.1, 0.15) is 0 Å². The second kappa shape index (κ2) is 2.89. The molecule has 1 saturated heterocycles. The highest BCUT2D eigenvalue weighted by atomic mass is 19.3. The summed E-state index contributed by atoms with van der Waals surface area (Å²) in [5, 5.41) is 0. The van der Waals surface area contributed by atoms with Crippen LogP contribution in [0.25, 0.3) is 0 Å². The monoisotopic (exact) mass is 161 g/mol. The smallest absolute Gasteiger partial charge is 0.261 e. The summed E-state index contributed by atoms with van der Waals surface area (Å²) in [6, 6.07) is 0.0726. The number of halogens is 2. The zero-order valence-corrected chi connectivity index (χ0v) is 6.69. The summed E-state index contributed by atoms with van der Waals surface area (Å²) in [6.45, 7) is 5.83. The molecule has 1 atom stereocenters. The summed E-state index contributed by atoms with van der Waals surface area (Å²) >= 11 is 0. The van der Waals surface area contributed by atoms with Gasteiger partial charge in [-0.2, -0.15) is 0 Å². The highest BCUT2D eigenvalue weighted by Gasteiger charge is 2.39. The van der Waals surface area contributed by atoms with E-state index in [1.54, 1.807) is 11.0 Å². The molecule has 3 heteroatoms. The van der Waals surface area contributed by atoms with Crippen LogP contribution in [0.3, 0.4) is 0 Å². The Morgan fingerprint density at radius 2 is 2.27 bits per heavy atom. The number of alkyl halides is 2. The topological polar surface area (TPSA) is 3.24 Å². The summed E-state index contributed by atoms with van der Waals surface area (Å²) < 4.78 is 25.2. The van der Waals surface area contributed by atoms with Crippen molar-refractivity contribution in [3.05, 3.63) is 12.7 Å². The molecule has 1 nitrogen and oxygen atoms in total. The van der Waals surface area contributed by atoms with E-state index >= 15 is 0 Å². The van der Waals surface area contributed by atoms with Crippen molar-refractivity contribution in [1.82, 2.24) is 4.90 Å². The zero-order valence-electron chi connectivity index (χ0n) is 6.69. The predicted octanol–water partition coefficient (Wildman–Crippen LogP) is 1.90. The lowest BCUT2D eigenvalue weighted by molar-refractivity contribution is 0.0103. The van der Waals surface area contributed by atoms with Crippen molar-refractivity contribution in [2.45, 2.75) is 25.3 Å². The average Bonchev–Trinajstić information content (AvgIpc) is 2.29. The van der Waals surface area contributed by atoms with Gasteiger partial charge in [-0.3, -0.25) is 4.90 Å².